The first-order valence-electron chi connectivity index (χ1n) is 12.8. The second kappa shape index (κ2) is 9.84. The summed E-state index contributed by atoms with van der Waals surface area (Å²) in [5.74, 6) is -1.51. The summed E-state index contributed by atoms with van der Waals surface area (Å²) < 4.78 is 31.6. The molecule has 0 spiro atoms. The van der Waals surface area contributed by atoms with Crippen molar-refractivity contribution in [3.8, 4) is 16.9 Å². The fourth-order valence-electron chi connectivity index (χ4n) is 5.74. The maximum Gasteiger partial charge on any atom is 0.247 e. The molecule has 2 amide bonds. The van der Waals surface area contributed by atoms with Crippen LogP contribution in [0, 0.1) is 17.2 Å². The Balaban J connectivity index is 1.34. The second-order valence-corrected chi connectivity index (χ2v) is 11.2. The van der Waals surface area contributed by atoms with E-state index in [1.54, 1.807) is 11.0 Å². The Morgan fingerprint density at radius 3 is 2.73 bits per heavy atom. The van der Waals surface area contributed by atoms with Crippen LogP contribution in [0.1, 0.15) is 51.0 Å². The van der Waals surface area contributed by atoms with Crippen LogP contribution < -0.4 is 5.32 Å². The number of nitrogens with one attached hydrogen (secondary N) is 2. The Morgan fingerprint density at radius 2 is 2.02 bits per heavy atom. The molecular formula is C27H24ClF2N9O2. The van der Waals surface area contributed by atoms with E-state index in [2.05, 4.69) is 35.8 Å². The van der Waals surface area contributed by atoms with Crippen LogP contribution in [0.25, 0.3) is 22.5 Å². The van der Waals surface area contributed by atoms with Crippen molar-refractivity contribution in [1.82, 2.24) is 40.1 Å². The first kappa shape index (κ1) is 26.7. The van der Waals surface area contributed by atoms with Gasteiger partial charge >= 0.3 is 0 Å². The zero-order chi connectivity index (χ0) is 29.1. The summed E-state index contributed by atoms with van der Waals surface area (Å²) in [5, 5.41) is 13.5. The van der Waals surface area contributed by atoms with E-state index in [4.69, 9.17) is 11.6 Å². The number of anilines is 1. The number of carbonyl (C=O) groups excluding carboxylic acids is 2. The van der Waals surface area contributed by atoms with Crippen molar-refractivity contribution in [3.63, 3.8) is 0 Å². The molecule has 1 saturated heterocycles. The molecule has 2 aliphatic heterocycles. The Bertz CT molecular complexity index is 1720. The van der Waals surface area contributed by atoms with E-state index >= 15 is 4.39 Å². The maximum atomic E-state index is 15.5. The summed E-state index contributed by atoms with van der Waals surface area (Å²) in [4.78, 5) is 38.1. The molecule has 2 atom stereocenters. The van der Waals surface area contributed by atoms with Crippen molar-refractivity contribution in [2.24, 2.45) is 5.41 Å². The van der Waals surface area contributed by atoms with Gasteiger partial charge in [-0.05, 0) is 58.5 Å². The zero-order valence-corrected chi connectivity index (χ0v) is 22.9. The molecule has 14 heteroatoms. The molecule has 1 aromatic carbocycles. The number of halogens is 3. The monoisotopic (exact) mass is 579 g/mol. The first-order valence-corrected chi connectivity index (χ1v) is 13.2. The van der Waals surface area contributed by atoms with Gasteiger partial charge in [-0.15, -0.1) is 5.10 Å². The average Bonchev–Trinajstić information content (AvgIpc) is 3.66. The number of carbonyl (C=O) groups is 2. The van der Waals surface area contributed by atoms with Gasteiger partial charge in [0.25, 0.3) is 0 Å². The number of tetrazole rings is 1. The quantitative estimate of drug-likeness (QED) is 0.333. The smallest absolute Gasteiger partial charge is 0.247 e. The number of amides is 2. The predicted octanol–water partition coefficient (Wildman–Crippen LogP) is 4.49. The molecule has 3 aromatic heterocycles. The lowest BCUT2D eigenvalue weighted by molar-refractivity contribution is -0.130. The van der Waals surface area contributed by atoms with Crippen molar-refractivity contribution < 1.29 is 18.4 Å². The van der Waals surface area contributed by atoms with E-state index in [0.717, 1.165) is 0 Å². The molecule has 11 nitrogen and oxygen atoms in total. The van der Waals surface area contributed by atoms with Crippen molar-refractivity contribution in [2.45, 2.75) is 45.7 Å². The minimum Gasteiger partial charge on any atom is -0.340 e. The molecule has 1 unspecified atom stereocenters. The summed E-state index contributed by atoms with van der Waals surface area (Å²) in [6.45, 7) is 5.40. The van der Waals surface area contributed by atoms with Gasteiger partial charge in [-0.3, -0.25) is 9.59 Å². The molecule has 0 aliphatic carbocycles. The number of nitrogens with zero attached hydrogens (tertiary/aromatic N) is 7. The summed E-state index contributed by atoms with van der Waals surface area (Å²) in [7, 11) is 0. The number of H-pyrrole nitrogens is 1. The highest BCUT2D eigenvalue weighted by Gasteiger charge is 2.51. The van der Waals surface area contributed by atoms with Crippen LogP contribution >= 0.6 is 11.6 Å². The lowest BCUT2D eigenvalue weighted by atomic mass is 9.78. The molecule has 210 valence electrons. The van der Waals surface area contributed by atoms with Gasteiger partial charge in [0.2, 0.25) is 17.8 Å². The minimum atomic E-state index is -0.778. The van der Waals surface area contributed by atoms with Gasteiger partial charge in [-0.1, -0.05) is 25.4 Å². The number of hydrogen-bond donors (Lipinski definition) is 2. The molecule has 6 rings (SSSR count). The van der Waals surface area contributed by atoms with Gasteiger partial charge in [0.1, 0.15) is 18.0 Å². The normalized spacial score (nSPS) is 19.7. The highest BCUT2D eigenvalue weighted by atomic mass is 35.5. The van der Waals surface area contributed by atoms with E-state index in [1.807, 2.05) is 13.8 Å². The number of benzene rings is 1. The topological polar surface area (TPSA) is 135 Å². The van der Waals surface area contributed by atoms with E-state index in [-0.39, 0.29) is 45.2 Å². The van der Waals surface area contributed by atoms with Gasteiger partial charge in [0, 0.05) is 24.6 Å². The number of aromatic amines is 1. The van der Waals surface area contributed by atoms with E-state index in [1.165, 1.54) is 48.4 Å². The Labute approximate surface area is 237 Å². The molecular weight excluding hydrogens is 556 g/mol. The van der Waals surface area contributed by atoms with Crippen LogP contribution in [0.3, 0.4) is 0 Å². The highest BCUT2D eigenvalue weighted by Crippen LogP contribution is 2.52. The molecule has 4 aromatic rings. The van der Waals surface area contributed by atoms with Gasteiger partial charge in [0.05, 0.1) is 34.2 Å². The Hall–Kier alpha value is -4.52. The van der Waals surface area contributed by atoms with Crippen LogP contribution in [-0.4, -0.2) is 57.9 Å². The average molecular weight is 580 g/mol. The van der Waals surface area contributed by atoms with Crippen molar-refractivity contribution in [2.75, 3.05) is 5.32 Å². The predicted molar refractivity (Wildman–Crippen MR) is 145 cm³/mol. The number of pyridine rings is 1. The van der Waals surface area contributed by atoms with Crippen LogP contribution in [0.5, 0.6) is 0 Å². The van der Waals surface area contributed by atoms with Crippen LogP contribution in [-0.2, 0) is 9.59 Å². The molecule has 41 heavy (non-hydrogen) atoms. The Morgan fingerprint density at radius 1 is 1.22 bits per heavy atom. The third-order valence-corrected chi connectivity index (χ3v) is 7.89. The zero-order valence-electron chi connectivity index (χ0n) is 22.2. The van der Waals surface area contributed by atoms with Gasteiger partial charge in [-0.25, -0.2) is 14.4 Å². The van der Waals surface area contributed by atoms with Gasteiger partial charge < -0.3 is 15.2 Å². The highest BCUT2D eigenvalue weighted by molar-refractivity contribution is 6.31. The SMILES string of the molecule is CC(=O)Nc1ccc(-c2cnc([C@@H]3CC(C)(C)C4CC(c5c(-n6cnnn6)ccc(Cl)c5F)=CC(=O)N43)[nH]2)c(F)n1. The molecule has 5 heterocycles. The lowest BCUT2D eigenvalue weighted by Crippen LogP contribution is -2.43. The fourth-order valence-corrected chi connectivity index (χ4v) is 5.90. The molecule has 0 bridgehead atoms. The van der Waals surface area contributed by atoms with Crippen LogP contribution in [0.15, 0.2) is 42.9 Å². The molecule has 2 aliphatic rings. The summed E-state index contributed by atoms with van der Waals surface area (Å²) >= 11 is 6.15. The number of aromatic nitrogens is 7. The number of imidazole rings is 1. The van der Waals surface area contributed by atoms with E-state index in [9.17, 15) is 14.0 Å². The summed E-state index contributed by atoms with van der Waals surface area (Å²) in [5.41, 5.74) is 1.21. The molecule has 0 saturated carbocycles. The van der Waals surface area contributed by atoms with Crippen LogP contribution in [0.4, 0.5) is 14.6 Å². The number of hydrogen-bond acceptors (Lipinski definition) is 7. The Kier molecular flexibility index (Phi) is 6.40. The van der Waals surface area contributed by atoms with Gasteiger partial charge in [0.15, 0.2) is 5.82 Å². The van der Waals surface area contributed by atoms with Crippen molar-refractivity contribution >= 4 is 34.8 Å². The standard InChI is InChI=1S/C27H24ClF2N9O2/c1-13(40)33-21-7-4-15(25(30)35-21)17-11-31-26(34-17)19-10-27(2,3)20-8-14(9-22(41)39(19)20)23-18(38-12-32-36-37-38)6-5-16(28)24(23)29/h4-7,9,11-12,19-20H,8,10H2,1-3H3,(H,31,34)(H,33,35,40)/t19-,20?/m0/s1. The number of rotatable bonds is 5. The third kappa shape index (κ3) is 4.65. The molecule has 0 radical (unpaired) electrons. The molecule has 1 fully saturated rings. The van der Waals surface area contributed by atoms with Gasteiger partial charge in [-0.2, -0.15) is 9.07 Å². The first-order chi connectivity index (χ1) is 19.5. The van der Waals surface area contributed by atoms with E-state index < -0.39 is 17.8 Å². The third-order valence-electron chi connectivity index (χ3n) is 7.60. The summed E-state index contributed by atoms with van der Waals surface area (Å²) in [6, 6.07) is 5.31. The second-order valence-electron chi connectivity index (χ2n) is 10.8. The molecule has 2 N–H and O–H groups in total. The maximum absolute atomic E-state index is 15.5. The van der Waals surface area contributed by atoms with Crippen molar-refractivity contribution in [1.29, 1.82) is 0 Å². The number of fused-ring (bicyclic) bond motifs is 1. The largest absolute Gasteiger partial charge is 0.340 e. The van der Waals surface area contributed by atoms with Crippen LogP contribution in [0.2, 0.25) is 5.02 Å². The fraction of sp³-hybridized carbons (Fsp3) is 0.296. The van der Waals surface area contributed by atoms with Crippen molar-refractivity contribution in [3.05, 3.63) is 71.0 Å². The minimum absolute atomic E-state index is 0.0777. The van der Waals surface area contributed by atoms with E-state index in [0.29, 0.717) is 35.6 Å². The lowest BCUT2D eigenvalue weighted by Gasteiger charge is -2.37. The summed E-state index contributed by atoms with van der Waals surface area (Å²) in [6.07, 6.45) is 5.18.